The molecule has 1 aromatic carbocycles. The van der Waals surface area contributed by atoms with Crippen molar-refractivity contribution >= 4 is 0 Å². The summed E-state index contributed by atoms with van der Waals surface area (Å²) in [5.74, 6) is 0.458. The maximum absolute atomic E-state index is 9.76. The Hall–Kier alpha value is -1.02. The summed E-state index contributed by atoms with van der Waals surface area (Å²) in [6.45, 7) is 0.691. The summed E-state index contributed by atoms with van der Waals surface area (Å²) in [6, 6.07) is 4.10. The molecule has 1 aromatic rings. The van der Waals surface area contributed by atoms with Gasteiger partial charge in [0.1, 0.15) is 5.75 Å². The average molecular weight is 191 g/mol. The number of benzene rings is 1. The van der Waals surface area contributed by atoms with Gasteiger partial charge in [0.15, 0.2) is 0 Å². The zero-order valence-electron chi connectivity index (χ0n) is 8.42. The van der Waals surface area contributed by atoms with Crippen LogP contribution in [0.5, 0.6) is 5.75 Å². The highest BCUT2D eigenvalue weighted by atomic mass is 16.3. The van der Waals surface area contributed by atoms with Crippen LogP contribution in [-0.2, 0) is 19.3 Å². The molecule has 0 saturated carbocycles. The van der Waals surface area contributed by atoms with Gasteiger partial charge in [0, 0.05) is 0 Å². The highest BCUT2D eigenvalue weighted by molar-refractivity contribution is 5.44. The van der Waals surface area contributed by atoms with E-state index >= 15 is 0 Å². The molecule has 2 nitrogen and oxygen atoms in total. The molecule has 0 saturated heterocycles. The molecule has 1 aliphatic carbocycles. The summed E-state index contributed by atoms with van der Waals surface area (Å²) in [6.07, 6.45) is 5.38. The minimum atomic E-state index is 0.458. The average Bonchev–Trinajstić information content (AvgIpc) is 2.61. The molecule has 0 aromatic heterocycles. The molecule has 0 aliphatic heterocycles. The lowest BCUT2D eigenvalue weighted by Crippen LogP contribution is -2.01. The fourth-order valence-electron chi connectivity index (χ4n) is 2.15. The molecule has 0 amide bonds. The van der Waals surface area contributed by atoms with Gasteiger partial charge < -0.3 is 10.8 Å². The molecular weight excluding hydrogens is 174 g/mol. The van der Waals surface area contributed by atoms with Crippen LogP contribution in [0.1, 0.15) is 29.5 Å². The molecule has 14 heavy (non-hydrogen) atoms. The Morgan fingerprint density at radius 1 is 1.21 bits per heavy atom. The van der Waals surface area contributed by atoms with Crippen LogP contribution in [0, 0.1) is 0 Å². The van der Waals surface area contributed by atoms with Crippen molar-refractivity contribution in [3.8, 4) is 5.75 Å². The minimum absolute atomic E-state index is 0.458. The zero-order valence-corrected chi connectivity index (χ0v) is 8.42. The number of aryl methyl sites for hydroxylation is 3. The van der Waals surface area contributed by atoms with E-state index in [1.54, 1.807) is 0 Å². The van der Waals surface area contributed by atoms with Crippen molar-refractivity contribution in [2.45, 2.75) is 32.1 Å². The van der Waals surface area contributed by atoms with E-state index in [0.29, 0.717) is 12.3 Å². The van der Waals surface area contributed by atoms with Gasteiger partial charge in [-0.25, -0.2) is 0 Å². The SMILES string of the molecule is NCCCc1cc2c(cc1O)CCC2. The summed E-state index contributed by atoms with van der Waals surface area (Å²) < 4.78 is 0. The number of phenols is 1. The number of aromatic hydroxyl groups is 1. The van der Waals surface area contributed by atoms with E-state index in [0.717, 1.165) is 24.8 Å². The van der Waals surface area contributed by atoms with Crippen molar-refractivity contribution in [3.63, 3.8) is 0 Å². The third kappa shape index (κ3) is 1.75. The van der Waals surface area contributed by atoms with Crippen molar-refractivity contribution < 1.29 is 5.11 Å². The summed E-state index contributed by atoms with van der Waals surface area (Å²) in [7, 11) is 0. The van der Waals surface area contributed by atoms with Gasteiger partial charge in [-0.1, -0.05) is 6.07 Å². The van der Waals surface area contributed by atoms with Gasteiger partial charge in [-0.05, 0) is 61.4 Å². The minimum Gasteiger partial charge on any atom is -0.508 e. The topological polar surface area (TPSA) is 46.2 Å². The van der Waals surface area contributed by atoms with E-state index in [-0.39, 0.29) is 0 Å². The second-order valence-corrected chi connectivity index (χ2v) is 4.00. The van der Waals surface area contributed by atoms with E-state index in [1.165, 1.54) is 24.0 Å². The standard InChI is InChI=1S/C12H17NO/c13-6-2-5-11-7-9-3-1-4-10(9)8-12(11)14/h7-8,14H,1-6,13H2. The van der Waals surface area contributed by atoms with E-state index in [4.69, 9.17) is 5.73 Å². The first-order valence-electron chi connectivity index (χ1n) is 5.35. The van der Waals surface area contributed by atoms with Crippen LogP contribution >= 0.6 is 0 Å². The number of hydrogen-bond acceptors (Lipinski definition) is 2. The van der Waals surface area contributed by atoms with E-state index in [9.17, 15) is 5.11 Å². The van der Waals surface area contributed by atoms with Crippen LogP contribution in [0.2, 0.25) is 0 Å². The second kappa shape index (κ2) is 4.01. The van der Waals surface area contributed by atoms with E-state index in [1.807, 2.05) is 6.07 Å². The van der Waals surface area contributed by atoms with Crippen LogP contribution in [0.3, 0.4) is 0 Å². The molecular formula is C12H17NO. The smallest absolute Gasteiger partial charge is 0.119 e. The maximum Gasteiger partial charge on any atom is 0.119 e. The molecule has 2 heteroatoms. The lowest BCUT2D eigenvalue weighted by Gasteiger charge is -2.07. The van der Waals surface area contributed by atoms with Crippen LogP contribution in [0.25, 0.3) is 0 Å². The molecule has 0 atom stereocenters. The molecule has 0 fully saturated rings. The van der Waals surface area contributed by atoms with E-state index in [2.05, 4.69) is 6.07 Å². The van der Waals surface area contributed by atoms with Crippen molar-refractivity contribution in [3.05, 3.63) is 28.8 Å². The van der Waals surface area contributed by atoms with Gasteiger partial charge >= 0.3 is 0 Å². The van der Waals surface area contributed by atoms with Gasteiger partial charge in [0.25, 0.3) is 0 Å². The number of hydrogen-bond donors (Lipinski definition) is 2. The molecule has 0 heterocycles. The molecule has 3 N–H and O–H groups in total. The monoisotopic (exact) mass is 191 g/mol. The molecule has 0 unspecified atom stereocenters. The highest BCUT2D eigenvalue weighted by Crippen LogP contribution is 2.29. The molecule has 0 radical (unpaired) electrons. The third-order valence-corrected chi connectivity index (χ3v) is 2.94. The second-order valence-electron chi connectivity index (χ2n) is 4.00. The zero-order chi connectivity index (χ0) is 9.97. The van der Waals surface area contributed by atoms with Crippen LogP contribution in [-0.4, -0.2) is 11.7 Å². The Morgan fingerprint density at radius 3 is 2.64 bits per heavy atom. The Labute approximate surface area is 84.7 Å². The van der Waals surface area contributed by atoms with Crippen LogP contribution in [0.15, 0.2) is 12.1 Å². The predicted molar refractivity (Wildman–Crippen MR) is 57.5 cm³/mol. The first-order chi connectivity index (χ1) is 6.81. The molecule has 0 spiro atoms. The van der Waals surface area contributed by atoms with Crippen molar-refractivity contribution in [2.75, 3.05) is 6.54 Å². The number of nitrogens with two attached hydrogens (primary N) is 1. The fraction of sp³-hybridized carbons (Fsp3) is 0.500. The van der Waals surface area contributed by atoms with Crippen molar-refractivity contribution in [2.24, 2.45) is 5.73 Å². The molecule has 1 aliphatic rings. The lowest BCUT2D eigenvalue weighted by atomic mass is 10.0. The molecule has 0 bridgehead atoms. The van der Waals surface area contributed by atoms with Crippen molar-refractivity contribution in [1.29, 1.82) is 0 Å². The summed E-state index contributed by atoms with van der Waals surface area (Å²) >= 11 is 0. The number of phenolic OH excluding ortho intramolecular Hbond substituents is 1. The predicted octanol–water partition coefficient (Wildman–Crippen LogP) is 1.77. The molecule has 2 rings (SSSR count). The summed E-state index contributed by atoms with van der Waals surface area (Å²) in [4.78, 5) is 0. The Balaban J connectivity index is 2.23. The van der Waals surface area contributed by atoms with Crippen molar-refractivity contribution in [1.82, 2.24) is 0 Å². The highest BCUT2D eigenvalue weighted by Gasteiger charge is 2.13. The quantitative estimate of drug-likeness (QED) is 0.765. The number of rotatable bonds is 3. The molecule has 76 valence electrons. The fourth-order valence-corrected chi connectivity index (χ4v) is 2.15. The largest absolute Gasteiger partial charge is 0.508 e. The van der Waals surface area contributed by atoms with Crippen LogP contribution < -0.4 is 5.73 Å². The summed E-state index contributed by atoms with van der Waals surface area (Å²) in [5, 5.41) is 9.76. The van der Waals surface area contributed by atoms with Gasteiger partial charge in [0.05, 0.1) is 0 Å². The first-order valence-corrected chi connectivity index (χ1v) is 5.35. The van der Waals surface area contributed by atoms with E-state index < -0.39 is 0 Å². The van der Waals surface area contributed by atoms with Crippen LogP contribution in [0.4, 0.5) is 0 Å². The Bertz CT molecular complexity index is 333. The van der Waals surface area contributed by atoms with Gasteiger partial charge in [-0.15, -0.1) is 0 Å². The van der Waals surface area contributed by atoms with Gasteiger partial charge in [-0.3, -0.25) is 0 Å². The Morgan fingerprint density at radius 2 is 1.93 bits per heavy atom. The number of fused-ring (bicyclic) bond motifs is 1. The maximum atomic E-state index is 9.76. The third-order valence-electron chi connectivity index (χ3n) is 2.94. The normalized spacial score (nSPS) is 14.4. The van der Waals surface area contributed by atoms with Gasteiger partial charge in [0.2, 0.25) is 0 Å². The lowest BCUT2D eigenvalue weighted by molar-refractivity contribution is 0.466. The summed E-state index contributed by atoms with van der Waals surface area (Å²) in [5.41, 5.74) is 9.28. The Kier molecular flexibility index (Phi) is 2.73. The first kappa shape index (κ1) is 9.53. The van der Waals surface area contributed by atoms with Gasteiger partial charge in [-0.2, -0.15) is 0 Å².